The highest BCUT2D eigenvalue weighted by molar-refractivity contribution is 7.48. The van der Waals surface area contributed by atoms with Crippen LogP contribution in [0, 0.1) is 0 Å². The van der Waals surface area contributed by atoms with E-state index in [2.05, 4.69) is 0 Å². The first-order chi connectivity index (χ1) is 16.0. The minimum absolute atomic E-state index is 1.90. The summed E-state index contributed by atoms with van der Waals surface area (Å²) >= 11 is 0. The highest BCUT2D eigenvalue weighted by Crippen LogP contribution is 2.65. The van der Waals surface area contributed by atoms with E-state index >= 15 is 0 Å². The lowest BCUT2D eigenvalue weighted by Gasteiger charge is -2.35. The third-order valence-electron chi connectivity index (χ3n) is 3.22. The zero-order valence-corrected chi connectivity index (χ0v) is 17.5. The van der Waals surface area contributed by atoms with E-state index in [-0.39, 0.29) is 0 Å². The standard InChI is InChI=1S/C12H6F21O4P/c13-4(14,1-7(19,20)21)10(28,29)35-38(34,36-11(30,31)5(15,16)2-8(22,23)24)37-12(32,33)6(17,18)3-9(25,26)27/h1-3H2. The van der Waals surface area contributed by atoms with E-state index in [4.69, 9.17) is 0 Å². The van der Waals surface area contributed by atoms with Crippen molar-refractivity contribution in [2.24, 2.45) is 0 Å². The van der Waals surface area contributed by atoms with Gasteiger partial charge in [-0.15, -0.1) is 0 Å². The molecular weight excluding hydrogens is 638 g/mol. The van der Waals surface area contributed by atoms with Crippen LogP contribution in [0.15, 0.2) is 0 Å². The van der Waals surface area contributed by atoms with Crippen LogP contribution in [0.1, 0.15) is 19.3 Å². The molecule has 0 N–H and O–H groups in total. The normalized spacial score (nSPS) is 16.2. The molecule has 0 spiro atoms. The van der Waals surface area contributed by atoms with Crippen LogP contribution in [0.5, 0.6) is 0 Å². The molecule has 38 heavy (non-hydrogen) atoms. The van der Waals surface area contributed by atoms with Crippen LogP contribution in [0.3, 0.4) is 0 Å². The lowest BCUT2D eigenvalue weighted by molar-refractivity contribution is -0.379. The first-order valence-corrected chi connectivity index (χ1v) is 9.64. The fourth-order valence-electron chi connectivity index (χ4n) is 1.74. The summed E-state index contributed by atoms with van der Waals surface area (Å²) in [5, 5.41) is 0. The second kappa shape index (κ2) is 10.2. The molecule has 0 amide bonds. The molecule has 0 saturated carbocycles. The topological polar surface area (TPSA) is 44.8 Å². The monoisotopic (exact) mass is 644 g/mol. The minimum atomic E-state index is -8.86. The molecule has 0 aromatic heterocycles. The maximum Gasteiger partial charge on any atom is 0.489 e. The van der Waals surface area contributed by atoms with E-state index in [1.165, 1.54) is 0 Å². The van der Waals surface area contributed by atoms with Crippen molar-refractivity contribution in [2.75, 3.05) is 0 Å². The van der Waals surface area contributed by atoms with Gasteiger partial charge in [0.15, 0.2) is 0 Å². The number of rotatable bonds is 12. The lowest BCUT2D eigenvalue weighted by Crippen LogP contribution is -2.50. The molecule has 0 rings (SSSR count). The van der Waals surface area contributed by atoms with E-state index in [1.807, 2.05) is 13.6 Å². The lowest BCUT2D eigenvalue weighted by atomic mass is 10.2. The van der Waals surface area contributed by atoms with Gasteiger partial charge in [0.05, 0.1) is 0 Å². The molecule has 26 heteroatoms. The van der Waals surface area contributed by atoms with Crippen molar-refractivity contribution in [1.29, 1.82) is 0 Å². The van der Waals surface area contributed by atoms with Crippen molar-refractivity contribution >= 4 is 7.82 Å². The van der Waals surface area contributed by atoms with Gasteiger partial charge in [0, 0.05) is 0 Å². The van der Waals surface area contributed by atoms with Crippen LogP contribution in [0.25, 0.3) is 0 Å². The van der Waals surface area contributed by atoms with Crippen molar-refractivity contribution in [1.82, 2.24) is 0 Å². The summed E-state index contributed by atoms with van der Waals surface area (Å²) in [5.74, 6) is -20.9. The second-order valence-corrected chi connectivity index (χ2v) is 8.20. The summed E-state index contributed by atoms with van der Waals surface area (Å²) in [6.45, 7) is 0. The fraction of sp³-hybridized carbons (Fsp3) is 1.00. The van der Waals surface area contributed by atoms with Crippen LogP contribution in [-0.4, -0.2) is 54.6 Å². The van der Waals surface area contributed by atoms with E-state index in [0.29, 0.717) is 0 Å². The molecule has 230 valence electrons. The van der Waals surface area contributed by atoms with Crippen molar-refractivity contribution in [3.8, 4) is 0 Å². The number of alkyl halides is 21. The second-order valence-electron chi connectivity index (χ2n) is 6.76. The highest BCUT2D eigenvalue weighted by atomic mass is 31.2. The molecule has 0 saturated heterocycles. The molecule has 0 atom stereocenters. The largest absolute Gasteiger partial charge is 0.489 e. The fourth-order valence-corrected chi connectivity index (χ4v) is 3.10. The van der Waals surface area contributed by atoms with Crippen molar-refractivity contribution in [3.05, 3.63) is 0 Å². The number of hydrogen-bond acceptors (Lipinski definition) is 4. The summed E-state index contributed by atoms with van der Waals surface area (Å²) in [6, 6.07) is 0. The van der Waals surface area contributed by atoms with Crippen LogP contribution >= 0.6 is 7.82 Å². The average Bonchev–Trinajstić information content (AvgIpc) is 2.44. The molecule has 0 heterocycles. The molecule has 0 fully saturated rings. The third kappa shape index (κ3) is 10.3. The summed E-state index contributed by atoms with van der Waals surface area (Å²) in [5.41, 5.74) is 0. The molecule has 0 aliphatic heterocycles. The van der Waals surface area contributed by atoms with Gasteiger partial charge in [-0.25, -0.2) is 18.1 Å². The van der Waals surface area contributed by atoms with E-state index in [0.717, 1.165) is 0 Å². The SMILES string of the molecule is O=P(OC(F)(F)C(F)(F)CC(F)(F)F)(OC(F)(F)C(F)(F)CC(F)(F)F)OC(F)(F)C(F)(F)CC(F)(F)F. The Labute approximate surface area is 193 Å². The van der Waals surface area contributed by atoms with Gasteiger partial charge < -0.3 is 0 Å². The molecule has 0 aliphatic rings. The summed E-state index contributed by atoms with van der Waals surface area (Å²) in [7, 11) is -8.86. The van der Waals surface area contributed by atoms with Gasteiger partial charge in [0.1, 0.15) is 19.3 Å². The van der Waals surface area contributed by atoms with Crippen molar-refractivity contribution in [2.45, 2.75) is 73.9 Å². The van der Waals surface area contributed by atoms with Gasteiger partial charge in [-0.3, -0.25) is 0 Å². The van der Waals surface area contributed by atoms with Crippen LogP contribution in [0.2, 0.25) is 0 Å². The molecule has 0 unspecified atom stereocenters. The maximum absolute atomic E-state index is 13.5. The van der Waals surface area contributed by atoms with Crippen LogP contribution in [0.4, 0.5) is 92.2 Å². The van der Waals surface area contributed by atoms with E-state index < -0.39 is 81.7 Å². The zero-order chi connectivity index (χ0) is 31.2. The van der Waals surface area contributed by atoms with E-state index in [9.17, 15) is 96.8 Å². The van der Waals surface area contributed by atoms with E-state index in [1.54, 1.807) is 0 Å². The van der Waals surface area contributed by atoms with Gasteiger partial charge in [0.25, 0.3) is 0 Å². The Bertz CT molecular complexity index is 746. The van der Waals surface area contributed by atoms with Crippen LogP contribution < -0.4 is 0 Å². The Morgan fingerprint density at radius 3 is 0.658 bits per heavy atom. The Morgan fingerprint density at radius 2 is 0.526 bits per heavy atom. The Hall–Kier alpha value is -1.36. The quantitative estimate of drug-likeness (QED) is 0.158. The highest BCUT2D eigenvalue weighted by Gasteiger charge is 2.73. The average molecular weight is 644 g/mol. The molecule has 0 aromatic rings. The predicted molar refractivity (Wildman–Crippen MR) is 72.6 cm³/mol. The third-order valence-corrected chi connectivity index (χ3v) is 4.58. The Kier molecular flexibility index (Phi) is 9.87. The van der Waals surface area contributed by atoms with Crippen molar-refractivity contribution < 1.29 is 110 Å². The van der Waals surface area contributed by atoms with Gasteiger partial charge in [-0.05, 0) is 0 Å². The number of phosphoric acid groups is 1. The number of phosphoric ester groups is 1. The molecule has 4 nitrogen and oxygen atoms in total. The molecule has 0 aromatic carbocycles. The first kappa shape index (κ1) is 36.6. The molecular formula is C12H6F21O4P. The Morgan fingerprint density at radius 1 is 0.368 bits per heavy atom. The zero-order valence-electron chi connectivity index (χ0n) is 16.6. The first-order valence-electron chi connectivity index (χ1n) is 8.18. The van der Waals surface area contributed by atoms with Gasteiger partial charge >= 0.3 is 62.4 Å². The van der Waals surface area contributed by atoms with Gasteiger partial charge in [-0.2, -0.15) is 92.2 Å². The Balaban J connectivity index is 6.76. The minimum Gasteiger partial charge on any atom is -0.227 e. The van der Waals surface area contributed by atoms with Gasteiger partial charge in [-0.1, -0.05) is 0 Å². The summed E-state index contributed by atoms with van der Waals surface area (Å²) < 4.78 is 286. The summed E-state index contributed by atoms with van der Waals surface area (Å²) in [4.78, 5) is 0. The molecule has 0 radical (unpaired) electrons. The van der Waals surface area contributed by atoms with Gasteiger partial charge in [0.2, 0.25) is 0 Å². The number of hydrogen-bond donors (Lipinski definition) is 0. The van der Waals surface area contributed by atoms with Crippen molar-refractivity contribution in [3.63, 3.8) is 0 Å². The summed E-state index contributed by atoms with van der Waals surface area (Å²) in [6.07, 6.45) is -54.1. The maximum atomic E-state index is 13.5. The molecule has 0 aliphatic carbocycles. The predicted octanol–water partition coefficient (Wildman–Crippen LogP) is 8.69. The van der Waals surface area contributed by atoms with Crippen LogP contribution in [-0.2, 0) is 18.1 Å². The molecule has 0 bridgehead atoms. The smallest absolute Gasteiger partial charge is 0.227 e. The number of halogens is 21.